The zero-order valence-electron chi connectivity index (χ0n) is 22.8. The Kier molecular flexibility index (Phi) is 7.61. The Bertz CT molecular complexity index is 1490. The third-order valence-corrected chi connectivity index (χ3v) is 6.93. The number of fused-ring (bicyclic) bond motifs is 1. The summed E-state index contributed by atoms with van der Waals surface area (Å²) in [6.45, 7) is 3.92. The average Bonchev–Trinajstić information content (AvgIpc) is 3.44. The lowest BCUT2D eigenvalue weighted by Gasteiger charge is -2.27. The van der Waals surface area contributed by atoms with Gasteiger partial charge < -0.3 is 20.7 Å². The maximum Gasteiger partial charge on any atom is 0.249 e. The molecule has 1 unspecified atom stereocenters. The zero-order chi connectivity index (χ0) is 28.3. The lowest BCUT2D eigenvalue weighted by Crippen LogP contribution is -2.49. The van der Waals surface area contributed by atoms with Crippen molar-refractivity contribution in [1.82, 2.24) is 25.9 Å². The number of carbonyl (C=O) groups is 2. The maximum absolute atomic E-state index is 13.9. The Labute approximate surface area is 232 Å². The molecule has 1 aliphatic rings. The van der Waals surface area contributed by atoms with Gasteiger partial charge in [-0.3, -0.25) is 9.59 Å². The molecule has 2 heterocycles. The lowest BCUT2D eigenvalue weighted by atomic mass is 9.98. The van der Waals surface area contributed by atoms with Crippen molar-refractivity contribution < 1.29 is 14.3 Å². The van der Waals surface area contributed by atoms with E-state index in [0.29, 0.717) is 31.0 Å². The number of carbonyl (C=O) groups excluding carboxylic acids is 2. The number of hydrogen-bond donors (Lipinski definition) is 3. The van der Waals surface area contributed by atoms with E-state index >= 15 is 0 Å². The van der Waals surface area contributed by atoms with Gasteiger partial charge in [0.1, 0.15) is 11.8 Å². The van der Waals surface area contributed by atoms with Crippen molar-refractivity contribution in [2.24, 2.45) is 5.73 Å². The van der Waals surface area contributed by atoms with Crippen LogP contribution in [0.5, 0.6) is 5.75 Å². The Morgan fingerprint density at radius 1 is 1.12 bits per heavy atom. The molecule has 10 nitrogen and oxygen atoms in total. The molecule has 4 N–H and O–H groups in total. The highest BCUT2D eigenvalue weighted by Crippen LogP contribution is 2.33. The number of methoxy groups -OCH3 is 1. The average molecular weight is 540 g/mol. The van der Waals surface area contributed by atoms with Crippen LogP contribution in [0, 0.1) is 0 Å². The first kappa shape index (κ1) is 27.0. The van der Waals surface area contributed by atoms with E-state index in [2.05, 4.69) is 25.9 Å². The quantitative estimate of drug-likeness (QED) is 0.311. The van der Waals surface area contributed by atoms with Gasteiger partial charge in [-0.2, -0.15) is 0 Å². The highest BCUT2D eigenvalue weighted by molar-refractivity contribution is 6.00. The van der Waals surface area contributed by atoms with Crippen molar-refractivity contribution in [3.8, 4) is 28.3 Å². The molecule has 5 rings (SSSR count). The van der Waals surface area contributed by atoms with Crippen LogP contribution in [0.4, 0.5) is 5.69 Å². The zero-order valence-corrected chi connectivity index (χ0v) is 22.8. The van der Waals surface area contributed by atoms with E-state index in [-0.39, 0.29) is 18.2 Å². The largest absolute Gasteiger partial charge is 0.497 e. The number of nitrogens with zero attached hydrogens (tertiary/aromatic N) is 4. The van der Waals surface area contributed by atoms with E-state index in [0.717, 1.165) is 33.5 Å². The Morgan fingerprint density at radius 3 is 2.55 bits per heavy atom. The van der Waals surface area contributed by atoms with Gasteiger partial charge in [-0.05, 0) is 65.4 Å². The number of ether oxygens (including phenoxy) is 1. The van der Waals surface area contributed by atoms with Crippen LogP contribution in [0.15, 0.2) is 66.7 Å². The molecule has 3 aromatic carbocycles. The molecule has 2 amide bonds. The Morgan fingerprint density at radius 2 is 1.88 bits per heavy atom. The minimum atomic E-state index is -0.668. The molecule has 10 heteroatoms. The lowest BCUT2D eigenvalue weighted by molar-refractivity contribution is -0.128. The minimum Gasteiger partial charge on any atom is -0.497 e. The van der Waals surface area contributed by atoms with Crippen LogP contribution in [0.3, 0.4) is 0 Å². The SMILES string of the molecule is COc1ccc2c(c1)N(Cc1ccc(-c3ccccc3-c3nnn[nH]3)cc1)C(=O)C(NC(=O)CC(C)(C)N)CC2. The fourth-order valence-electron chi connectivity index (χ4n) is 5.01. The van der Waals surface area contributed by atoms with Crippen molar-refractivity contribution in [2.45, 2.75) is 51.2 Å². The highest BCUT2D eigenvalue weighted by Gasteiger charge is 2.32. The number of tetrazole rings is 1. The summed E-state index contributed by atoms with van der Waals surface area (Å²) in [5, 5.41) is 17.2. The van der Waals surface area contributed by atoms with Crippen molar-refractivity contribution in [3.63, 3.8) is 0 Å². The fourth-order valence-corrected chi connectivity index (χ4v) is 5.01. The van der Waals surface area contributed by atoms with Gasteiger partial charge in [0.25, 0.3) is 0 Å². The number of amides is 2. The van der Waals surface area contributed by atoms with Crippen LogP contribution in [0.1, 0.15) is 37.8 Å². The number of nitrogens with one attached hydrogen (secondary N) is 2. The van der Waals surface area contributed by atoms with Crippen LogP contribution in [-0.4, -0.2) is 51.1 Å². The van der Waals surface area contributed by atoms with Gasteiger partial charge in [0, 0.05) is 23.6 Å². The molecule has 0 saturated heterocycles. The number of rotatable bonds is 8. The number of aryl methyl sites for hydroxylation is 1. The van der Waals surface area contributed by atoms with Gasteiger partial charge in [-0.25, -0.2) is 5.10 Å². The first-order valence-corrected chi connectivity index (χ1v) is 13.2. The third kappa shape index (κ3) is 6.02. The molecule has 0 saturated carbocycles. The third-order valence-electron chi connectivity index (χ3n) is 6.93. The normalized spacial score (nSPS) is 15.3. The summed E-state index contributed by atoms with van der Waals surface area (Å²) in [6, 6.07) is 21.1. The topological polar surface area (TPSA) is 139 Å². The van der Waals surface area contributed by atoms with Gasteiger partial charge in [0.05, 0.1) is 19.3 Å². The second-order valence-corrected chi connectivity index (χ2v) is 10.7. The smallest absolute Gasteiger partial charge is 0.249 e. The summed E-state index contributed by atoms with van der Waals surface area (Å²) < 4.78 is 5.47. The van der Waals surface area contributed by atoms with Gasteiger partial charge in [-0.1, -0.05) is 54.6 Å². The maximum atomic E-state index is 13.9. The standard InChI is InChI=1S/C30H33N7O3/c1-30(2,31)17-27(38)32-25-15-13-21-12-14-22(40-3)16-26(21)37(29(25)39)18-19-8-10-20(11-9-19)23-6-4-5-7-24(23)28-33-35-36-34-28/h4-12,14,16,25H,13,15,17-18,31H2,1-3H3,(H,32,38)(H,33,34,35,36). The van der Waals surface area contributed by atoms with Crippen molar-refractivity contribution in [3.05, 3.63) is 77.9 Å². The number of nitrogens with two attached hydrogens (primary N) is 1. The molecule has 0 spiro atoms. The second-order valence-electron chi connectivity index (χ2n) is 10.7. The summed E-state index contributed by atoms with van der Waals surface area (Å²) in [7, 11) is 1.60. The van der Waals surface area contributed by atoms with E-state index in [1.807, 2.05) is 66.7 Å². The first-order valence-electron chi connectivity index (χ1n) is 13.2. The van der Waals surface area contributed by atoms with Gasteiger partial charge in [0.15, 0.2) is 5.82 Å². The predicted molar refractivity (Wildman–Crippen MR) is 152 cm³/mol. The second kappa shape index (κ2) is 11.3. The van der Waals surface area contributed by atoms with Crippen LogP contribution in [0.25, 0.3) is 22.5 Å². The van der Waals surface area contributed by atoms with Gasteiger partial charge >= 0.3 is 0 Å². The first-order chi connectivity index (χ1) is 19.2. The molecule has 1 atom stereocenters. The van der Waals surface area contributed by atoms with Gasteiger partial charge in [0.2, 0.25) is 11.8 Å². The number of hydrogen-bond acceptors (Lipinski definition) is 7. The van der Waals surface area contributed by atoms with E-state index in [9.17, 15) is 9.59 Å². The van der Waals surface area contributed by atoms with Crippen LogP contribution in [-0.2, 0) is 22.6 Å². The van der Waals surface area contributed by atoms with Crippen LogP contribution in [0.2, 0.25) is 0 Å². The molecular weight excluding hydrogens is 506 g/mol. The number of H-pyrrole nitrogens is 1. The number of aromatic amines is 1. The van der Waals surface area contributed by atoms with Crippen molar-refractivity contribution in [2.75, 3.05) is 12.0 Å². The van der Waals surface area contributed by atoms with Crippen LogP contribution < -0.4 is 20.7 Å². The highest BCUT2D eigenvalue weighted by atomic mass is 16.5. The summed E-state index contributed by atoms with van der Waals surface area (Å²) >= 11 is 0. The Hall–Kier alpha value is -4.57. The molecular formula is C30H33N7O3. The molecule has 40 heavy (non-hydrogen) atoms. The molecule has 1 aromatic heterocycles. The van der Waals surface area contributed by atoms with E-state index < -0.39 is 11.6 Å². The van der Waals surface area contributed by atoms with E-state index in [1.54, 1.807) is 25.9 Å². The van der Waals surface area contributed by atoms with Gasteiger partial charge in [-0.15, -0.1) is 5.10 Å². The summed E-state index contributed by atoms with van der Waals surface area (Å²) in [5.74, 6) is 0.853. The van der Waals surface area contributed by atoms with E-state index in [4.69, 9.17) is 10.5 Å². The molecule has 0 fully saturated rings. The Balaban J connectivity index is 1.43. The predicted octanol–water partition coefficient (Wildman–Crippen LogP) is 3.63. The fraction of sp³-hybridized carbons (Fsp3) is 0.300. The number of aromatic nitrogens is 4. The summed E-state index contributed by atoms with van der Waals surface area (Å²) in [5.41, 5.74) is 11.0. The summed E-state index contributed by atoms with van der Waals surface area (Å²) in [4.78, 5) is 28.3. The van der Waals surface area contributed by atoms with Crippen molar-refractivity contribution in [1.29, 1.82) is 0 Å². The molecule has 1 aliphatic heterocycles. The molecule has 4 aromatic rings. The molecule has 0 radical (unpaired) electrons. The number of anilines is 1. The monoisotopic (exact) mass is 539 g/mol. The molecule has 0 bridgehead atoms. The molecule has 0 aliphatic carbocycles. The van der Waals surface area contributed by atoms with Crippen LogP contribution >= 0.6 is 0 Å². The minimum absolute atomic E-state index is 0.130. The van der Waals surface area contributed by atoms with Crippen molar-refractivity contribution >= 4 is 17.5 Å². The van der Waals surface area contributed by atoms with E-state index in [1.165, 1.54) is 0 Å². The molecule has 206 valence electrons. The number of benzene rings is 3. The summed E-state index contributed by atoms with van der Waals surface area (Å²) in [6.07, 6.45) is 1.27.